The van der Waals surface area contributed by atoms with Crippen molar-refractivity contribution in [3.63, 3.8) is 0 Å². The molecule has 0 saturated heterocycles. The molecule has 3 heterocycles. The van der Waals surface area contributed by atoms with Crippen LogP contribution in [0.4, 0.5) is 0 Å². The van der Waals surface area contributed by atoms with Crippen molar-refractivity contribution in [2.24, 2.45) is 4.99 Å². The summed E-state index contributed by atoms with van der Waals surface area (Å²) in [4.78, 5) is 10.7. The first-order chi connectivity index (χ1) is 27.2. The van der Waals surface area contributed by atoms with Gasteiger partial charge < -0.3 is 9.88 Å². The van der Waals surface area contributed by atoms with Crippen molar-refractivity contribution < 1.29 is 0 Å². The molecule has 0 radical (unpaired) electrons. The van der Waals surface area contributed by atoms with Crippen LogP contribution in [0.2, 0.25) is 0 Å². The van der Waals surface area contributed by atoms with E-state index in [-0.39, 0.29) is 12.3 Å². The highest BCUT2D eigenvalue weighted by Crippen LogP contribution is 2.55. The summed E-state index contributed by atoms with van der Waals surface area (Å²) in [5.41, 5.74) is 9.39. The minimum absolute atomic E-state index is 0.0635. The van der Waals surface area contributed by atoms with Crippen LogP contribution in [0, 0.1) is 0 Å². The molecular weight excluding hydrogens is 709 g/mol. The van der Waals surface area contributed by atoms with Gasteiger partial charge in [-0.1, -0.05) is 157 Å². The third-order valence-electron chi connectivity index (χ3n) is 10.9. The Kier molecular flexibility index (Phi) is 8.01. The number of aromatic nitrogens is 1. The highest BCUT2D eigenvalue weighted by Gasteiger charge is 2.27. The fourth-order valence-electron chi connectivity index (χ4n) is 8.20. The Balaban J connectivity index is 0.955. The maximum Gasteiger partial charge on any atom is 0.131 e. The van der Waals surface area contributed by atoms with E-state index in [2.05, 4.69) is 179 Å². The molecule has 0 bridgehead atoms. The maximum absolute atomic E-state index is 5.14. The van der Waals surface area contributed by atoms with Crippen molar-refractivity contribution in [3.05, 3.63) is 196 Å². The van der Waals surface area contributed by atoms with E-state index in [1.807, 2.05) is 29.6 Å². The van der Waals surface area contributed by atoms with Gasteiger partial charge in [-0.2, -0.15) is 0 Å². The number of hydrogen-bond acceptors (Lipinski definition) is 5. The van der Waals surface area contributed by atoms with Crippen molar-refractivity contribution in [1.29, 1.82) is 0 Å². The molecule has 7 aromatic carbocycles. The molecule has 8 aromatic rings. The monoisotopic (exact) mass is 744 g/mol. The van der Waals surface area contributed by atoms with Crippen LogP contribution in [0.1, 0.15) is 41.9 Å². The fourth-order valence-corrected chi connectivity index (χ4v) is 10.7. The van der Waals surface area contributed by atoms with Gasteiger partial charge in [0.15, 0.2) is 0 Å². The normalized spacial score (nSPS) is 17.9. The zero-order valence-electron chi connectivity index (χ0n) is 29.9. The molecule has 264 valence electrons. The van der Waals surface area contributed by atoms with Gasteiger partial charge in [0.2, 0.25) is 0 Å². The van der Waals surface area contributed by atoms with Crippen LogP contribution in [0.15, 0.2) is 194 Å². The number of benzene rings is 7. The van der Waals surface area contributed by atoms with E-state index in [1.165, 1.54) is 68.9 Å². The summed E-state index contributed by atoms with van der Waals surface area (Å²) in [5.74, 6) is 0.890. The number of rotatable bonds is 5. The fraction of sp³-hybridized carbons (Fsp3) is 0.0816. The number of fused-ring (bicyclic) bond motifs is 7. The van der Waals surface area contributed by atoms with E-state index in [9.17, 15) is 0 Å². The van der Waals surface area contributed by atoms with Gasteiger partial charge in [-0.25, -0.2) is 4.99 Å². The Hall–Kier alpha value is -5.79. The largest absolute Gasteiger partial charge is 0.350 e. The molecule has 1 aromatic heterocycles. The zero-order valence-corrected chi connectivity index (χ0v) is 31.6. The predicted molar refractivity (Wildman–Crippen MR) is 232 cm³/mol. The van der Waals surface area contributed by atoms with Crippen molar-refractivity contribution in [3.8, 4) is 16.8 Å². The molecule has 0 fully saturated rings. The highest BCUT2D eigenvalue weighted by atomic mass is 32.2. The number of amidine groups is 1. The molecule has 4 nitrogen and oxygen atoms in total. The third-order valence-corrected chi connectivity index (χ3v) is 13.6. The van der Waals surface area contributed by atoms with E-state index >= 15 is 0 Å². The van der Waals surface area contributed by atoms with Crippen LogP contribution in [-0.2, 0) is 0 Å². The molecule has 2 N–H and O–H groups in total. The minimum atomic E-state index is -0.191. The third kappa shape index (κ3) is 5.80. The molecule has 3 aliphatic rings. The smallest absolute Gasteiger partial charge is 0.131 e. The summed E-state index contributed by atoms with van der Waals surface area (Å²) in [6.07, 6.45) is 6.83. The predicted octanol–water partition coefficient (Wildman–Crippen LogP) is 12.7. The molecule has 55 heavy (non-hydrogen) atoms. The van der Waals surface area contributed by atoms with E-state index in [0.29, 0.717) is 0 Å². The van der Waals surface area contributed by atoms with Crippen LogP contribution >= 0.6 is 23.5 Å². The van der Waals surface area contributed by atoms with E-state index < -0.39 is 0 Å². The van der Waals surface area contributed by atoms with E-state index in [4.69, 9.17) is 4.99 Å². The summed E-state index contributed by atoms with van der Waals surface area (Å²) in [6.45, 7) is 0. The van der Waals surface area contributed by atoms with E-state index in [0.717, 1.165) is 35.5 Å². The van der Waals surface area contributed by atoms with Gasteiger partial charge >= 0.3 is 0 Å². The minimum Gasteiger partial charge on any atom is -0.350 e. The number of allylic oxidation sites excluding steroid dienone is 2. The van der Waals surface area contributed by atoms with Gasteiger partial charge in [-0.15, -0.1) is 0 Å². The van der Waals surface area contributed by atoms with Crippen LogP contribution < -0.4 is 10.6 Å². The molecule has 2 atom stereocenters. The van der Waals surface area contributed by atoms with Gasteiger partial charge in [-0.3, -0.25) is 5.32 Å². The summed E-state index contributed by atoms with van der Waals surface area (Å²) < 4.78 is 2.46. The number of nitrogens with one attached hydrogen (secondary N) is 2. The second-order valence-electron chi connectivity index (χ2n) is 14.3. The summed E-state index contributed by atoms with van der Waals surface area (Å²) >= 11 is 3.88. The van der Waals surface area contributed by atoms with Crippen LogP contribution in [0.25, 0.3) is 49.4 Å². The van der Waals surface area contributed by atoms with Crippen LogP contribution in [-0.4, -0.2) is 10.4 Å². The molecule has 0 spiro atoms. The Morgan fingerprint density at radius 2 is 1.22 bits per heavy atom. The van der Waals surface area contributed by atoms with Gasteiger partial charge in [0.25, 0.3) is 0 Å². The quantitative estimate of drug-likeness (QED) is 0.184. The Morgan fingerprint density at radius 3 is 1.96 bits per heavy atom. The Labute approximate surface area is 328 Å². The first kappa shape index (κ1) is 32.6. The first-order valence-electron chi connectivity index (χ1n) is 18.9. The lowest BCUT2D eigenvalue weighted by atomic mass is 10.0. The second-order valence-corrected chi connectivity index (χ2v) is 16.5. The molecule has 6 heteroatoms. The Morgan fingerprint density at radius 1 is 0.564 bits per heavy atom. The standard InChI is InChI=1S/C49H36N4S2/c1-3-11-33(12-4-1)47-50-48(34-13-5-2-6-14-34)52-49(51-47)35-21-19-31(20-22-35)32-23-25-38(26-24-32)53-40-27-28-44-46(55-43-18-10-9-17-42(43)54-44)45(40)39-29-36-15-7-8-16-37(36)30-41(39)53/h1-8,11-30,47,49,51H,9-10H2,(H,50,52). The lowest BCUT2D eigenvalue weighted by molar-refractivity contribution is 0.409. The zero-order chi connectivity index (χ0) is 36.3. The van der Waals surface area contributed by atoms with Gasteiger partial charge in [0, 0.05) is 41.6 Å². The summed E-state index contributed by atoms with van der Waals surface area (Å²) in [5, 5.41) is 12.5. The molecule has 0 amide bonds. The molecular formula is C49H36N4S2. The number of thioether (sulfide) groups is 2. The van der Waals surface area contributed by atoms with Gasteiger partial charge in [0.05, 0.1) is 11.0 Å². The molecule has 11 rings (SSSR count). The first-order valence-corrected chi connectivity index (χ1v) is 20.5. The number of aliphatic imine (C=N–C) groups is 1. The van der Waals surface area contributed by atoms with E-state index in [1.54, 1.807) is 0 Å². The summed E-state index contributed by atoms with van der Waals surface area (Å²) in [7, 11) is 0. The number of nitrogens with zero attached hydrogens (tertiary/aromatic N) is 2. The van der Waals surface area contributed by atoms with Crippen molar-refractivity contribution in [1.82, 2.24) is 15.2 Å². The average molecular weight is 745 g/mol. The summed E-state index contributed by atoms with van der Waals surface area (Å²) in [6, 6.07) is 57.0. The number of hydrogen-bond donors (Lipinski definition) is 2. The lowest BCUT2D eigenvalue weighted by Gasteiger charge is -2.32. The Bertz CT molecular complexity index is 2850. The lowest BCUT2D eigenvalue weighted by Crippen LogP contribution is -2.44. The molecule has 2 unspecified atom stereocenters. The van der Waals surface area contributed by atoms with Gasteiger partial charge in [0.1, 0.15) is 18.2 Å². The maximum atomic E-state index is 5.14. The topological polar surface area (TPSA) is 41.4 Å². The van der Waals surface area contributed by atoms with Crippen molar-refractivity contribution in [2.75, 3.05) is 0 Å². The second kappa shape index (κ2) is 13.5. The van der Waals surface area contributed by atoms with Gasteiger partial charge in [-0.05, 0) is 82.3 Å². The molecule has 1 aliphatic carbocycles. The molecule has 0 saturated carbocycles. The van der Waals surface area contributed by atoms with Crippen molar-refractivity contribution in [2.45, 2.75) is 35.0 Å². The molecule has 2 aliphatic heterocycles. The van der Waals surface area contributed by atoms with Crippen molar-refractivity contribution >= 4 is 61.9 Å². The highest BCUT2D eigenvalue weighted by molar-refractivity contribution is 8.11. The average Bonchev–Trinajstić information content (AvgIpc) is 3.59. The van der Waals surface area contributed by atoms with Crippen LogP contribution in [0.3, 0.4) is 0 Å². The SMILES string of the molecule is C1=C2Sc3ccc4c(c3SC2=CCC1)c1cc2ccccc2cc1n4-c1ccc(-c2ccc(C3N=C(c4ccccc4)NC(c4ccccc4)N3)cc2)cc1. The van der Waals surface area contributed by atoms with Crippen LogP contribution in [0.5, 0.6) is 0 Å².